The fourth-order valence-electron chi connectivity index (χ4n) is 2.30. The first kappa shape index (κ1) is 22.0. The fourth-order valence-corrected chi connectivity index (χ4v) is 2.30. The molecule has 0 radical (unpaired) electrons. The number of rotatable bonds is 15. The number of hydrogen-bond acceptors (Lipinski definition) is 6. The predicted octanol–water partition coefficient (Wildman–Crippen LogP) is 1.73. The van der Waals surface area contributed by atoms with Crippen LogP contribution in [0, 0.1) is 0 Å². The van der Waals surface area contributed by atoms with E-state index in [4.69, 9.17) is 9.84 Å². The topological polar surface area (TPSA) is 104 Å². The van der Waals surface area contributed by atoms with Crippen molar-refractivity contribution in [2.75, 3.05) is 6.61 Å². The first-order valence-electron chi connectivity index (χ1n) is 8.68. The van der Waals surface area contributed by atoms with Crippen molar-refractivity contribution in [2.24, 2.45) is 0 Å². The molecule has 0 aromatic rings. The summed E-state index contributed by atoms with van der Waals surface area (Å²) in [4.78, 5) is 22.4. The summed E-state index contributed by atoms with van der Waals surface area (Å²) in [6.07, 6.45) is 6.05. The Morgan fingerprint density at radius 1 is 1.00 bits per heavy atom. The third-order valence-corrected chi connectivity index (χ3v) is 3.80. The third-order valence-electron chi connectivity index (χ3n) is 3.80. The van der Waals surface area contributed by atoms with Crippen LogP contribution in [0.2, 0.25) is 0 Å². The highest BCUT2D eigenvalue weighted by Crippen LogP contribution is 2.11. The van der Waals surface area contributed by atoms with E-state index in [9.17, 15) is 19.8 Å². The van der Waals surface area contributed by atoms with Crippen molar-refractivity contribution in [1.29, 1.82) is 0 Å². The van der Waals surface area contributed by atoms with Gasteiger partial charge in [-0.15, -0.1) is 0 Å². The summed E-state index contributed by atoms with van der Waals surface area (Å²) in [5.74, 6) is -0.575. The van der Waals surface area contributed by atoms with Crippen LogP contribution in [-0.2, 0) is 14.3 Å². The maximum atomic E-state index is 11.6. The van der Waals surface area contributed by atoms with E-state index in [2.05, 4.69) is 6.92 Å². The van der Waals surface area contributed by atoms with E-state index in [1.54, 1.807) is 0 Å². The van der Waals surface area contributed by atoms with Gasteiger partial charge in [0.15, 0.2) is 12.4 Å². The molecule has 0 heterocycles. The van der Waals surface area contributed by atoms with Crippen molar-refractivity contribution >= 4 is 12.3 Å². The highest BCUT2D eigenvalue weighted by atomic mass is 16.6. The number of aliphatic hydroxyl groups excluding tert-OH is 3. The molecule has 0 amide bonds. The van der Waals surface area contributed by atoms with Gasteiger partial charge < -0.3 is 20.1 Å². The van der Waals surface area contributed by atoms with Gasteiger partial charge in [0.05, 0.1) is 6.61 Å². The van der Waals surface area contributed by atoms with Crippen LogP contribution in [0.5, 0.6) is 0 Å². The number of esters is 1. The molecule has 3 atom stereocenters. The molecule has 0 rings (SSSR count). The monoisotopic (exact) mass is 332 g/mol. The minimum Gasteiger partial charge on any atom is -0.452 e. The Bertz CT molecular complexity index is 307. The highest BCUT2D eigenvalue weighted by molar-refractivity contribution is 5.72. The second-order valence-corrected chi connectivity index (χ2v) is 5.91. The molecule has 0 spiro atoms. The fraction of sp³-hybridized carbons (Fsp3) is 0.882. The number of ether oxygens (including phenoxy) is 1. The standard InChI is InChI=1S/C17H32O6/c1-2-3-4-5-6-7-8-9-10-11-16(21)23-15(13-19)17(22)14(20)12-18/h13-15,17-18,20,22H,2-12H2,1H3/t14-,15+,17+/m1/s1. The van der Waals surface area contributed by atoms with E-state index in [1.807, 2.05) is 0 Å². The van der Waals surface area contributed by atoms with E-state index >= 15 is 0 Å². The molecule has 6 heteroatoms. The lowest BCUT2D eigenvalue weighted by Crippen LogP contribution is -2.42. The number of aldehydes is 1. The largest absolute Gasteiger partial charge is 0.452 e. The zero-order valence-corrected chi connectivity index (χ0v) is 14.2. The number of unbranched alkanes of at least 4 members (excludes halogenated alkanes) is 8. The zero-order chi connectivity index (χ0) is 17.5. The van der Waals surface area contributed by atoms with Crippen LogP contribution in [-0.4, -0.2) is 52.5 Å². The van der Waals surface area contributed by atoms with Crippen LogP contribution < -0.4 is 0 Å². The first-order valence-corrected chi connectivity index (χ1v) is 8.68. The number of carbonyl (C=O) groups is 2. The lowest BCUT2D eigenvalue weighted by molar-refractivity contribution is -0.163. The van der Waals surface area contributed by atoms with Gasteiger partial charge in [-0.05, 0) is 6.42 Å². The normalized spacial score (nSPS) is 15.0. The summed E-state index contributed by atoms with van der Waals surface area (Å²) >= 11 is 0. The van der Waals surface area contributed by atoms with E-state index in [1.165, 1.54) is 32.1 Å². The lowest BCUT2D eigenvalue weighted by Gasteiger charge is -2.21. The summed E-state index contributed by atoms with van der Waals surface area (Å²) in [6, 6.07) is 0. The van der Waals surface area contributed by atoms with Gasteiger partial charge in [0.25, 0.3) is 0 Å². The number of aliphatic hydroxyl groups is 3. The van der Waals surface area contributed by atoms with E-state index in [0.717, 1.165) is 19.3 Å². The first-order chi connectivity index (χ1) is 11.1. The molecule has 0 unspecified atom stereocenters. The molecule has 3 N–H and O–H groups in total. The maximum absolute atomic E-state index is 11.6. The molecule has 0 saturated heterocycles. The van der Waals surface area contributed by atoms with Crippen molar-refractivity contribution in [3.8, 4) is 0 Å². The van der Waals surface area contributed by atoms with Crippen LogP contribution in [0.3, 0.4) is 0 Å². The Kier molecular flexibility index (Phi) is 14.0. The van der Waals surface area contributed by atoms with Gasteiger partial charge in [-0.2, -0.15) is 0 Å². The van der Waals surface area contributed by atoms with Crippen molar-refractivity contribution in [3.63, 3.8) is 0 Å². The van der Waals surface area contributed by atoms with Gasteiger partial charge in [0.1, 0.15) is 12.2 Å². The SMILES string of the molecule is CCCCCCCCCCCC(=O)O[C@@H](C=O)[C@@H](O)[C@H](O)CO. The van der Waals surface area contributed by atoms with E-state index in [0.29, 0.717) is 6.42 Å². The molecule has 0 aliphatic rings. The lowest BCUT2D eigenvalue weighted by atomic mass is 10.1. The molecule has 23 heavy (non-hydrogen) atoms. The minimum absolute atomic E-state index is 0.183. The van der Waals surface area contributed by atoms with Gasteiger partial charge >= 0.3 is 5.97 Å². The number of hydrogen-bond donors (Lipinski definition) is 3. The van der Waals surface area contributed by atoms with Gasteiger partial charge in [0.2, 0.25) is 0 Å². The smallest absolute Gasteiger partial charge is 0.306 e. The number of carbonyl (C=O) groups excluding carboxylic acids is 2. The average Bonchev–Trinajstić information content (AvgIpc) is 2.56. The second kappa shape index (κ2) is 14.6. The van der Waals surface area contributed by atoms with Crippen LogP contribution in [0.1, 0.15) is 71.1 Å². The van der Waals surface area contributed by atoms with E-state index in [-0.39, 0.29) is 12.7 Å². The third kappa shape index (κ3) is 11.2. The second-order valence-electron chi connectivity index (χ2n) is 5.91. The zero-order valence-electron chi connectivity index (χ0n) is 14.2. The highest BCUT2D eigenvalue weighted by Gasteiger charge is 2.28. The molecule has 0 fully saturated rings. The molecule has 0 aliphatic carbocycles. The molecule has 0 aromatic carbocycles. The minimum atomic E-state index is -1.61. The predicted molar refractivity (Wildman–Crippen MR) is 86.9 cm³/mol. The molecule has 0 aliphatic heterocycles. The summed E-state index contributed by atoms with van der Waals surface area (Å²) < 4.78 is 4.83. The van der Waals surface area contributed by atoms with Crippen LogP contribution in [0.15, 0.2) is 0 Å². The van der Waals surface area contributed by atoms with Gasteiger partial charge in [-0.25, -0.2) is 0 Å². The van der Waals surface area contributed by atoms with Crippen molar-refractivity contribution in [2.45, 2.75) is 89.4 Å². The summed E-state index contributed by atoms with van der Waals surface area (Å²) in [7, 11) is 0. The van der Waals surface area contributed by atoms with Crippen molar-refractivity contribution in [1.82, 2.24) is 0 Å². The van der Waals surface area contributed by atoms with Crippen molar-refractivity contribution < 1.29 is 29.6 Å². The molecular weight excluding hydrogens is 300 g/mol. The molecule has 6 nitrogen and oxygen atoms in total. The van der Waals surface area contributed by atoms with Crippen LogP contribution in [0.4, 0.5) is 0 Å². The summed E-state index contributed by atoms with van der Waals surface area (Å²) in [5.41, 5.74) is 0. The Morgan fingerprint density at radius 3 is 2.00 bits per heavy atom. The van der Waals surface area contributed by atoms with Gasteiger partial charge in [-0.3, -0.25) is 9.59 Å². The Balaban J connectivity index is 3.71. The molecule has 0 saturated carbocycles. The summed E-state index contributed by atoms with van der Waals surface area (Å²) in [6.45, 7) is 1.49. The molecule has 0 bridgehead atoms. The van der Waals surface area contributed by atoms with Gasteiger partial charge in [0, 0.05) is 6.42 Å². The molecule has 136 valence electrons. The Labute approximate surface area is 138 Å². The van der Waals surface area contributed by atoms with Crippen molar-refractivity contribution in [3.05, 3.63) is 0 Å². The van der Waals surface area contributed by atoms with E-state index < -0.39 is 30.9 Å². The maximum Gasteiger partial charge on any atom is 0.306 e. The quantitative estimate of drug-likeness (QED) is 0.240. The van der Waals surface area contributed by atoms with Crippen LogP contribution >= 0.6 is 0 Å². The Morgan fingerprint density at radius 2 is 1.52 bits per heavy atom. The molecule has 0 aromatic heterocycles. The average molecular weight is 332 g/mol. The Hall–Kier alpha value is -0.980. The van der Waals surface area contributed by atoms with Crippen LogP contribution in [0.25, 0.3) is 0 Å². The van der Waals surface area contributed by atoms with Gasteiger partial charge in [-0.1, -0.05) is 58.3 Å². The summed E-state index contributed by atoms with van der Waals surface area (Å²) in [5, 5.41) is 27.5. The molecular formula is C17H32O6.